The minimum absolute atomic E-state index is 0.126. The molecule has 1 aromatic carbocycles. The molecule has 9 heteroatoms. The highest BCUT2D eigenvalue weighted by Crippen LogP contribution is 2.30. The minimum Gasteiger partial charge on any atom is -0.477 e. The lowest BCUT2D eigenvalue weighted by molar-refractivity contribution is 0.0694. The zero-order chi connectivity index (χ0) is 23.7. The van der Waals surface area contributed by atoms with Crippen LogP contribution in [0.4, 0.5) is 17.3 Å². The maximum atomic E-state index is 12.8. The summed E-state index contributed by atoms with van der Waals surface area (Å²) in [5.74, 6) is -0.842. The van der Waals surface area contributed by atoms with Gasteiger partial charge in [-0.15, -0.1) is 0 Å². The topological polar surface area (TPSA) is 104 Å². The lowest BCUT2D eigenvalue weighted by Crippen LogP contribution is -2.44. The first-order chi connectivity index (χ1) is 16.5. The van der Waals surface area contributed by atoms with Gasteiger partial charge in [0, 0.05) is 56.0 Å². The zero-order valence-corrected chi connectivity index (χ0v) is 19.4. The van der Waals surface area contributed by atoms with Gasteiger partial charge in [0.1, 0.15) is 11.2 Å². The Balaban J connectivity index is 1.44. The fourth-order valence-electron chi connectivity index (χ4n) is 4.93. The molecule has 9 nitrogen and oxygen atoms in total. The Morgan fingerprint density at radius 1 is 1.06 bits per heavy atom. The van der Waals surface area contributed by atoms with Gasteiger partial charge in [0.2, 0.25) is 11.4 Å². The summed E-state index contributed by atoms with van der Waals surface area (Å²) in [5.41, 5.74) is 1.74. The van der Waals surface area contributed by atoms with Crippen LogP contribution in [0.5, 0.6) is 0 Å². The van der Waals surface area contributed by atoms with Gasteiger partial charge in [-0.3, -0.25) is 4.79 Å². The standard InChI is InChI=1S/C25H30N6O3/c1-29-11-13-30(14-12-29)18-9-7-17(8-10-18)27-25-26-15-20-22(32)21(24(33)34)16-31(23(20)28-25)19-5-3-2-4-6-19/h7-10,15-16,19H,2-6,11-14H2,1H3,(H,33,34)(H,26,27,28). The summed E-state index contributed by atoms with van der Waals surface area (Å²) in [7, 11) is 2.14. The van der Waals surface area contributed by atoms with E-state index in [-0.39, 0.29) is 17.0 Å². The van der Waals surface area contributed by atoms with Crippen LogP contribution in [0.3, 0.4) is 0 Å². The minimum atomic E-state index is -1.22. The molecule has 34 heavy (non-hydrogen) atoms. The molecule has 2 N–H and O–H groups in total. The molecule has 0 atom stereocenters. The van der Waals surface area contributed by atoms with Crippen LogP contribution in [-0.4, -0.2) is 63.7 Å². The third-order valence-electron chi connectivity index (χ3n) is 6.96. The predicted molar refractivity (Wildman–Crippen MR) is 132 cm³/mol. The predicted octanol–water partition coefficient (Wildman–Crippen LogP) is 3.49. The number of piperazine rings is 1. The number of likely N-dealkylation sites (N-methyl/N-ethyl adjacent to an activating group) is 1. The molecule has 1 saturated carbocycles. The van der Waals surface area contributed by atoms with Crippen LogP contribution in [0.2, 0.25) is 0 Å². The number of hydrogen-bond acceptors (Lipinski definition) is 7. The number of rotatable bonds is 5. The van der Waals surface area contributed by atoms with Crippen molar-refractivity contribution in [2.24, 2.45) is 0 Å². The molecule has 1 saturated heterocycles. The monoisotopic (exact) mass is 462 g/mol. The molecule has 2 aliphatic rings. The number of nitrogens with zero attached hydrogens (tertiary/aromatic N) is 5. The van der Waals surface area contributed by atoms with Gasteiger partial charge in [-0.25, -0.2) is 9.78 Å². The summed E-state index contributed by atoms with van der Waals surface area (Å²) in [6, 6.07) is 8.31. The van der Waals surface area contributed by atoms with E-state index in [9.17, 15) is 14.7 Å². The van der Waals surface area contributed by atoms with E-state index in [0.29, 0.717) is 11.6 Å². The number of benzene rings is 1. The molecule has 1 aliphatic carbocycles. The fraction of sp³-hybridized carbons (Fsp3) is 0.440. The smallest absolute Gasteiger partial charge is 0.341 e. The van der Waals surface area contributed by atoms with Crippen molar-refractivity contribution in [3.63, 3.8) is 0 Å². The summed E-state index contributed by atoms with van der Waals surface area (Å²) < 4.78 is 1.88. The Labute approximate surface area is 198 Å². The van der Waals surface area contributed by atoms with Gasteiger partial charge < -0.3 is 24.8 Å². The Bertz CT molecular complexity index is 1240. The molecule has 0 spiro atoms. The number of nitrogens with one attached hydrogen (secondary N) is 1. The first-order valence-corrected chi connectivity index (χ1v) is 12.0. The molecule has 178 valence electrons. The van der Waals surface area contributed by atoms with E-state index in [1.165, 1.54) is 24.5 Å². The van der Waals surface area contributed by atoms with Crippen LogP contribution in [0.15, 0.2) is 41.5 Å². The lowest BCUT2D eigenvalue weighted by atomic mass is 9.95. The van der Waals surface area contributed by atoms with Crippen molar-refractivity contribution in [2.45, 2.75) is 38.1 Å². The summed E-state index contributed by atoms with van der Waals surface area (Å²) >= 11 is 0. The number of carboxylic acid groups (broad SMARTS) is 1. The number of aromatic carboxylic acids is 1. The Hall–Kier alpha value is -3.46. The molecule has 0 unspecified atom stereocenters. The lowest BCUT2D eigenvalue weighted by Gasteiger charge is -2.34. The Kier molecular flexibility index (Phi) is 6.19. The highest BCUT2D eigenvalue weighted by molar-refractivity contribution is 5.91. The van der Waals surface area contributed by atoms with Gasteiger partial charge in [0.15, 0.2) is 0 Å². The van der Waals surface area contributed by atoms with Crippen LogP contribution < -0.4 is 15.6 Å². The first-order valence-electron chi connectivity index (χ1n) is 12.0. The average Bonchev–Trinajstić information content (AvgIpc) is 2.86. The Morgan fingerprint density at radius 2 is 1.76 bits per heavy atom. The normalized spacial score (nSPS) is 17.7. The van der Waals surface area contributed by atoms with Crippen LogP contribution in [0.1, 0.15) is 48.5 Å². The second kappa shape index (κ2) is 9.42. The van der Waals surface area contributed by atoms with Gasteiger partial charge in [-0.05, 0) is 44.2 Å². The van der Waals surface area contributed by atoms with Crippen LogP contribution in [-0.2, 0) is 0 Å². The molecular weight excluding hydrogens is 432 g/mol. The van der Waals surface area contributed by atoms with Crippen molar-refractivity contribution >= 4 is 34.3 Å². The Morgan fingerprint density at radius 3 is 2.44 bits per heavy atom. The second-order valence-corrected chi connectivity index (χ2v) is 9.27. The SMILES string of the molecule is CN1CCN(c2ccc(Nc3ncc4c(=O)c(C(=O)O)cn(C5CCCCC5)c4n3)cc2)CC1. The van der Waals surface area contributed by atoms with Crippen LogP contribution in [0, 0.1) is 0 Å². The van der Waals surface area contributed by atoms with Crippen LogP contribution in [0.25, 0.3) is 11.0 Å². The molecule has 1 aliphatic heterocycles. The molecule has 0 amide bonds. The van der Waals surface area contributed by atoms with E-state index in [4.69, 9.17) is 0 Å². The van der Waals surface area contributed by atoms with E-state index < -0.39 is 11.4 Å². The van der Waals surface area contributed by atoms with Crippen molar-refractivity contribution in [2.75, 3.05) is 43.4 Å². The number of carboxylic acids is 1. The van der Waals surface area contributed by atoms with Crippen molar-refractivity contribution < 1.29 is 9.90 Å². The summed E-state index contributed by atoms with van der Waals surface area (Å²) in [6.45, 7) is 4.12. The van der Waals surface area contributed by atoms with Gasteiger partial charge in [-0.1, -0.05) is 19.3 Å². The number of hydrogen-bond donors (Lipinski definition) is 2. The maximum Gasteiger partial charge on any atom is 0.341 e. The van der Waals surface area contributed by atoms with Crippen molar-refractivity contribution in [3.8, 4) is 0 Å². The molecule has 0 radical (unpaired) electrons. The number of fused-ring (bicyclic) bond motifs is 1. The third-order valence-corrected chi connectivity index (χ3v) is 6.96. The largest absolute Gasteiger partial charge is 0.477 e. The van der Waals surface area contributed by atoms with Crippen molar-refractivity contribution in [3.05, 3.63) is 52.4 Å². The van der Waals surface area contributed by atoms with Gasteiger partial charge in [-0.2, -0.15) is 4.98 Å². The van der Waals surface area contributed by atoms with Crippen LogP contribution >= 0.6 is 0 Å². The van der Waals surface area contributed by atoms with Gasteiger partial charge >= 0.3 is 5.97 Å². The highest BCUT2D eigenvalue weighted by atomic mass is 16.4. The maximum absolute atomic E-state index is 12.8. The van der Waals surface area contributed by atoms with Crippen molar-refractivity contribution in [1.82, 2.24) is 19.4 Å². The highest BCUT2D eigenvalue weighted by Gasteiger charge is 2.22. The number of carbonyl (C=O) groups is 1. The van der Waals surface area contributed by atoms with E-state index in [1.807, 2.05) is 16.7 Å². The molecule has 3 aromatic rings. The van der Waals surface area contributed by atoms with Crippen molar-refractivity contribution in [1.29, 1.82) is 0 Å². The number of aromatic nitrogens is 3. The van der Waals surface area contributed by atoms with E-state index >= 15 is 0 Å². The number of anilines is 3. The van der Waals surface area contributed by atoms with E-state index in [0.717, 1.165) is 57.5 Å². The molecule has 0 bridgehead atoms. The summed E-state index contributed by atoms with van der Waals surface area (Å²) in [5, 5.41) is 13.0. The number of pyridine rings is 1. The molecule has 2 fully saturated rings. The average molecular weight is 463 g/mol. The molecule has 5 rings (SSSR count). The van der Waals surface area contributed by atoms with Gasteiger partial charge in [0.25, 0.3) is 0 Å². The van der Waals surface area contributed by atoms with Gasteiger partial charge in [0.05, 0.1) is 5.39 Å². The first kappa shape index (κ1) is 22.3. The molecule has 3 heterocycles. The summed E-state index contributed by atoms with van der Waals surface area (Å²) in [4.78, 5) is 38.2. The quantitative estimate of drug-likeness (QED) is 0.594. The second-order valence-electron chi connectivity index (χ2n) is 9.27. The molecular formula is C25H30N6O3. The zero-order valence-electron chi connectivity index (χ0n) is 19.4. The van der Waals surface area contributed by atoms with E-state index in [2.05, 4.69) is 44.3 Å². The van der Waals surface area contributed by atoms with E-state index in [1.54, 1.807) is 0 Å². The third kappa shape index (κ3) is 4.48. The summed E-state index contributed by atoms with van der Waals surface area (Å²) in [6.07, 6.45) is 8.12. The fourth-order valence-corrected chi connectivity index (χ4v) is 4.93. The molecule has 2 aromatic heterocycles.